The van der Waals surface area contributed by atoms with Crippen LogP contribution in [0.2, 0.25) is 5.02 Å². The number of hydrogen-bond acceptors (Lipinski definition) is 3. The van der Waals surface area contributed by atoms with Gasteiger partial charge < -0.3 is 15.6 Å². The minimum atomic E-state index is -1.67. The molecule has 0 aliphatic carbocycles. The first-order chi connectivity index (χ1) is 7.04. The van der Waals surface area contributed by atoms with Gasteiger partial charge in [-0.15, -0.1) is 0 Å². The SMILES string of the molecule is NC(=O)C1(O)CCOc2ccc(Cl)cc21. The number of carbonyl (C=O) groups is 1. The van der Waals surface area contributed by atoms with Crippen LogP contribution >= 0.6 is 11.6 Å². The van der Waals surface area contributed by atoms with Crippen LogP contribution in [0.25, 0.3) is 0 Å². The Hall–Kier alpha value is -1.26. The minimum Gasteiger partial charge on any atom is -0.493 e. The van der Waals surface area contributed by atoms with Crippen molar-refractivity contribution in [2.45, 2.75) is 12.0 Å². The molecular weight excluding hydrogens is 218 g/mol. The number of halogens is 1. The summed E-state index contributed by atoms with van der Waals surface area (Å²) in [5.74, 6) is -0.332. The van der Waals surface area contributed by atoms with Gasteiger partial charge >= 0.3 is 0 Å². The Morgan fingerprint density at radius 1 is 1.60 bits per heavy atom. The van der Waals surface area contributed by atoms with E-state index in [1.165, 1.54) is 6.07 Å². The van der Waals surface area contributed by atoms with Gasteiger partial charge in [0, 0.05) is 17.0 Å². The first-order valence-corrected chi connectivity index (χ1v) is 4.87. The fourth-order valence-electron chi connectivity index (χ4n) is 1.65. The zero-order valence-electron chi connectivity index (χ0n) is 7.87. The normalized spacial score (nSPS) is 24.1. The molecule has 2 rings (SSSR count). The lowest BCUT2D eigenvalue weighted by molar-refractivity contribution is -0.140. The molecule has 0 saturated carbocycles. The van der Waals surface area contributed by atoms with Crippen LogP contribution in [0.1, 0.15) is 12.0 Å². The third-order valence-electron chi connectivity index (χ3n) is 2.52. The number of fused-ring (bicyclic) bond motifs is 1. The zero-order chi connectivity index (χ0) is 11.1. The van der Waals surface area contributed by atoms with Crippen LogP contribution in [-0.2, 0) is 10.4 Å². The summed E-state index contributed by atoms with van der Waals surface area (Å²) in [5, 5.41) is 10.5. The van der Waals surface area contributed by atoms with Crippen LogP contribution in [0.5, 0.6) is 5.75 Å². The van der Waals surface area contributed by atoms with Crippen LogP contribution in [0.3, 0.4) is 0 Å². The molecule has 0 fully saturated rings. The van der Waals surface area contributed by atoms with E-state index in [0.717, 1.165) is 0 Å². The Morgan fingerprint density at radius 2 is 2.33 bits per heavy atom. The summed E-state index contributed by atoms with van der Waals surface area (Å²) in [6.07, 6.45) is 0.148. The summed E-state index contributed by atoms with van der Waals surface area (Å²) in [6.45, 7) is 0.258. The molecule has 0 bridgehead atoms. The van der Waals surface area contributed by atoms with Crippen molar-refractivity contribution in [2.75, 3.05) is 6.61 Å². The number of rotatable bonds is 1. The number of aliphatic hydroxyl groups is 1. The third-order valence-corrected chi connectivity index (χ3v) is 2.75. The van der Waals surface area contributed by atoms with Gasteiger partial charge in [-0.3, -0.25) is 4.79 Å². The van der Waals surface area contributed by atoms with Gasteiger partial charge in [-0.2, -0.15) is 0 Å². The van der Waals surface area contributed by atoms with Crippen molar-refractivity contribution >= 4 is 17.5 Å². The lowest BCUT2D eigenvalue weighted by Gasteiger charge is -2.31. The van der Waals surface area contributed by atoms with Crippen molar-refractivity contribution in [3.05, 3.63) is 28.8 Å². The number of ether oxygens (including phenoxy) is 1. The fraction of sp³-hybridized carbons (Fsp3) is 0.300. The van der Waals surface area contributed by atoms with Gasteiger partial charge in [0.2, 0.25) is 0 Å². The van der Waals surface area contributed by atoms with Crippen LogP contribution < -0.4 is 10.5 Å². The molecule has 0 saturated heterocycles. The molecule has 15 heavy (non-hydrogen) atoms. The monoisotopic (exact) mass is 227 g/mol. The van der Waals surface area contributed by atoms with Crippen molar-refractivity contribution in [1.82, 2.24) is 0 Å². The lowest BCUT2D eigenvalue weighted by atomic mass is 9.87. The number of benzene rings is 1. The highest BCUT2D eigenvalue weighted by molar-refractivity contribution is 6.30. The highest BCUT2D eigenvalue weighted by Gasteiger charge is 2.41. The first kappa shape index (κ1) is 10.3. The molecule has 1 aliphatic rings. The highest BCUT2D eigenvalue weighted by Crippen LogP contribution is 2.38. The van der Waals surface area contributed by atoms with E-state index in [4.69, 9.17) is 22.1 Å². The van der Waals surface area contributed by atoms with Crippen molar-refractivity contribution in [1.29, 1.82) is 0 Å². The summed E-state index contributed by atoms with van der Waals surface area (Å²) >= 11 is 5.79. The first-order valence-electron chi connectivity index (χ1n) is 4.49. The van der Waals surface area contributed by atoms with E-state index >= 15 is 0 Å². The third kappa shape index (κ3) is 1.56. The van der Waals surface area contributed by atoms with E-state index in [2.05, 4.69) is 0 Å². The maximum absolute atomic E-state index is 11.2. The topological polar surface area (TPSA) is 72.6 Å². The Labute approximate surface area is 91.6 Å². The van der Waals surface area contributed by atoms with Crippen LogP contribution in [-0.4, -0.2) is 17.6 Å². The predicted octanol–water partition coefficient (Wildman–Crippen LogP) is 0.795. The molecule has 1 amide bonds. The second kappa shape index (κ2) is 3.40. The number of carbonyl (C=O) groups excluding carboxylic acids is 1. The minimum absolute atomic E-state index is 0.148. The molecule has 1 aromatic rings. The van der Waals surface area contributed by atoms with E-state index in [-0.39, 0.29) is 13.0 Å². The van der Waals surface area contributed by atoms with Crippen LogP contribution in [0, 0.1) is 0 Å². The van der Waals surface area contributed by atoms with E-state index < -0.39 is 11.5 Å². The fourth-order valence-corrected chi connectivity index (χ4v) is 1.82. The zero-order valence-corrected chi connectivity index (χ0v) is 8.62. The van der Waals surface area contributed by atoms with E-state index in [9.17, 15) is 9.90 Å². The average molecular weight is 228 g/mol. The lowest BCUT2D eigenvalue weighted by Crippen LogP contribution is -2.44. The van der Waals surface area contributed by atoms with Gasteiger partial charge in [0.1, 0.15) is 5.75 Å². The number of amides is 1. The molecule has 0 radical (unpaired) electrons. The molecule has 1 atom stereocenters. The molecule has 0 aromatic heterocycles. The van der Waals surface area contributed by atoms with Crippen molar-refractivity contribution < 1.29 is 14.6 Å². The second-order valence-corrected chi connectivity index (χ2v) is 3.90. The number of primary amides is 1. The largest absolute Gasteiger partial charge is 0.493 e. The molecule has 3 N–H and O–H groups in total. The quantitative estimate of drug-likeness (QED) is 0.745. The maximum Gasteiger partial charge on any atom is 0.254 e. The molecular formula is C10H10ClNO3. The summed E-state index contributed by atoms with van der Waals surface area (Å²) in [7, 11) is 0. The number of nitrogens with two attached hydrogens (primary N) is 1. The molecule has 5 heteroatoms. The number of hydrogen-bond donors (Lipinski definition) is 2. The highest BCUT2D eigenvalue weighted by atomic mass is 35.5. The summed E-state index contributed by atoms with van der Waals surface area (Å²) < 4.78 is 5.30. The van der Waals surface area contributed by atoms with Gasteiger partial charge in [0.15, 0.2) is 5.60 Å². The summed E-state index contributed by atoms with van der Waals surface area (Å²) in [5.41, 5.74) is 3.85. The Morgan fingerprint density at radius 3 is 3.00 bits per heavy atom. The molecule has 1 aliphatic heterocycles. The predicted molar refractivity (Wildman–Crippen MR) is 54.7 cm³/mol. The van der Waals surface area contributed by atoms with Crippen molar-refractivity contribution in [3.63, 3.8) is 0 Å². The Balaban J connectivity index is 2.59. The van der Waals surface area contributed by atoms with Crippen molar-refractivity contribution in [3.8, 4) is 5.75 Å². The smallest absolute Gasteiger partial charge is 0.254 e. The van der Waals surface area contributed by atoms with E-state index in [0.29, 0.717) is 16.3 Å². The van der Waals surface area contributed by atoms with Gasteiger partial charge in [0.25, 0.3) is 5.91 Å². The van der Waals surface area contributed by atoms with Gasteiger partial charge in [-0.05, 0) is 18.2 Å². The maximum atomic E-state index is 11.2. The van der Waals surface area contributed by atoms with Crippen LogP contribution in [0.15, 0.2) is 18.2 Å². The Kier molecular flexibility index (Phi) is 2.32. The molecule has 1 heterocycles. The molecule has 1 unspecified atom stereocenters. The van der Waals surface area contributed by atoms with Gasteiger partial charge in [0.05, 0.1) is 6.61 Å². The standard InChI is InChI=1S/C10H10ClNO3/c11-6-1-2-8-7(5-6)10(14,9(12)13)3-4-15-8/h1-2,5,14H,3-4H2,(H2,12,13). The van der Waals surface area contributed by atoms with Crippen molar-refractivity contribution in [2.24, 2.45) is 5.73 Å². The van der Waals surface area contributed by atoms with E-state index in [1.54, 1.807) is 12.1 Å². The van der Waals surface area contributed by atoms with Gasteiger partial charge in [-0.1, -0.05) is 11.6 Å². The Bertz CT molecular complexity index is 421. The molecule has 1 aromatic carbocycles. The summed E-state index contributed by atoms with van der Waals surface area (Å²) in [6, 6.07) is 4.75. The van der Waals surface area contributed by atoms with Crippen LogP contribution in [0.4, 0.5) is 0 Å². The molecule has 4 nitrogen and oxygen atoms in total. The van der Waals surface area contributed by atoms with E-state index in [1.807, 2.05) is 0 Å². The van der Waals surface area contributed by atoms with Gasteiger partial charge in [-0.25, -0.2) is 0 Å². The second-order valence-electron chi connectivity index (χ2n) is 3.46. The average Bonchev–Trinajstić information content (AvgIpc) is 2.19. The molecule has 0 spiro atoms. The summed E-state index contributed by atoms with van der Waals surface area (Å²) in [4.78, 5) is 11.2. The molecule has 80 valence electrons.